The molecule has 0 atom stereocenters. The molecule has 0 amide bonds. The highest BCUT2D eigenvalue weighted by Crippen LogP contribution is 2.11. The van der Waals surface area contributed by atoms with E-state index in [1.165, 1.54) is 0 Å². The second-order valence-corrected chi connectivity index (χ2v) is 7.50. The second-order valence-electron chi connectivity index (χ2n) is 6.94. The summed E-state index contributed by atoms with van der Waals surface area (Å²) in [6.45, 7) is -0.895. The minimum atomic E-state index is -1.04. The van der Waals surface area contributed by atoms with E-state index in [4.69, 9.17) is 102 Å². The van der Waals surface area contributed by atoms with E-state index in [0.717, 1.165) is 3.43 Å². The Kier molecular flexibility index (Phi) is 13.8. The van der Waals surface area contributed by atoms with Crippen LogP contribution in [0.15, 0.2) is 0 Å². The van der Waals surface area contributed by atoms with Gasteiger partial charge in [-0.15, -0.1) is 0 Å². The summed E-state index contributed by atoms with van der Waals surface area (Å²) in [4.78, 5) is 0. The second kappa shape index (κ2) is 13.7. The fraction of sp³-hybridized carbons (Fsp3) is 0. The van der Waals surface area contributed by atoms with Gasteiger partial charge < -0.3 is 11.2 Å². The quantitative estimate of drug-likeness (QED) is 0.190. The monoisotopic (exact) mass is 419 g/mol. The van der Waals surface area contributed by atoms with E-state index in [9.17, 15) is 0 Å². The summed E-state index contributed by atoms with van der Waals surface area (Å²) in [6, 6.07) is 0. The number of hydrogen-bond acceptors (Lipinski definition) is 1. The average Bonchev–Trinajstić information content (AvgIpc) is 2.48. The van der Waals surface area contributed by atoms with Crippen LogP contribution in [0.3, 0.4) is 0 Å². The molecular weight excluding hydrogens is 411 g/mol. The van der Waals surface area contributed by atoms with Crippen molar-refractivity contribution in [1.82, 2.24) is 3.43 Å². The Labute approximate surface area is 203 Å². The Morgan fingerprint density at radius 3 is 1.07 bits per heavy atom. The van der Waals surface area contributed by atoms with Crippen LogP contribution < -0.4 is 3.43 Å². The van der Waals surface area contributed by atoms with Crippen molar-refractivity contribution in [2.45, 2.75) is 0 Å². The van der Waals surface area contributed by atoms with Crippen molar-refractivity contribution in [3.05, 3.63) is 0 Å². The van der Waals surface area contributed by atoms with E-state index in [-0.39, 0.29) is 0 Å². The van der Waals surface area contributed by atoms with Crippen LogP contribution >= 0.6 is 22.9 Å². The standard InChI is InChI=1S/B25HIN/c1-14(2)20(13)23(19(11)12)25(27-26)24(21(15(3)4)16(5)6)22(17(7)8)18(9)10/h27H/q-1/i/hT. The molecule has 0 aliphatic carbocycles. The molecule has 0 aliphatic heterocycles. The SMILES string of the molecule is [3H]N(I)B(B(B([B])[B])B([B])B([B])[B-])B(B(B([B])[B])B([B])[B])B(B([B])[B])B([B])[B]. The van der Waals surface area contributed by atoms with E-state index in [1.54, 1.807) is 22.9 Å². The van der Waals surface area contributed by atoms with Crippen LogP contribution in [-0.4, -0.2) is 177 Å². The largest absolute Gasteiger partial charge is 0.687 e. The molecule has 27 heteroatoms. The molecule has 0 saturated carbocycles. The molecule has 0 aromatic rings. The van der Waals surface area contributed by atoms with Gasteiger partial charge in [0.25, 0.3) is 0 Å². The van der Waals surface area contributed by atoms with Crippen molar-refractivity contribution >= 4 is 200 Å². The number of hydrogen-bond donors (Lipinski definition) is 1. The number of nitrogens with one attached hydrogen (secondary N) is 1. The fourth-order valence-electron chi connectivity index (χ4n) is 3.61. The summed E-state index contributed by atoms with van der Waals surface area (Å²) in [7, 11) is 77.3. The molecule has 0 bridgehead atoms. The summed E-state index contributed by atoms with van der Waals surface area (Å²) < 4.78 is 9.36. The Morgan fingerprint density at radius 1 is 0.593 bits per heavy atom. The number of halogens is 1. The summed E-state index contributed by atoms with van der Waals surface area (Å²) in [5.41, 5.74) is 0. The molecule has 0 aromatic carbocycles. The maximum absolute atomic E-state index is 8.32. The third-order valence-electron chi connectivity index (χ3n) is 4.90. The van der Waals surface area contributed by atoms with Crippen LogP contribution in [0.1, 0.15) is 0 Å². The first-order valence-electron chi connectivity index (χ1n) is 8.87. The van der Waals surface area contributed by atoms with Gasteiger partial charge in [-0.1, -0.05) is 0 Å². The molecule has 27 heavy (non-hydrogen) atoms. The van der Waals surface area contributed by atoms with Crippen LogP contribution in [0.2, 0.25) is 1.41 Å². The lowest BCUT2D eigenvalue weighted by Gasteiger charge is -2.47. The lowest BCUT2D eigenvalue weighted by molar-refractivity contribution is 1.79. The van der Waals surface area contributed by atoms with E-state index < -0.39 is 76.9 Å². The van der Waals surface area contributed by atoms with E-state index >= 15 is 0 Å². The van der Waals surface area contributed by atoms with Crippen LogP contribution in [-0.2, 0) is 0 Å². The third-order valence-corrected chi connectivity index (χ3v) is 5.54. The lowest BCUT2D eigenvalue weighted by Crippen LogP contribution is -2.85. The highest BCUT2D eigenvalue weighted by atomic mass is 127. The summed E-state index contributed by atoms with van der Waals surface area (Å²) in [5, 5.41) is 0. The first kappa shape index (κ1) is 27.3. The molecule has 0 rings (SSSR count). The van der Waals surface area contributed by atoms with E-state index in [1.807, 2.05) is 0 Å². The van der Waals surface area contributed by atoms with Gasteiger partial charge in [0.15, 0.2) is 0 Å². The van der Waals surface area contributed by atoms with Crippen LogP contribution in [0.5, 0.6) is 0 Å². The summed E-state index contributed by atoms with van der Waals surface area (Å²) in [6.07, 6.45) is -10.4. The van der Waals surface area contributed by atoms with Crippen molar-refractivity contribution in [2.75, 3.05) is 0 Å². The van der Waals surface area contributed by atoms with Crippen molar-refractivity contribution < 1.29 is 1.41 Å². The molecule has 89 valence electrons. The Balaban J connectivity index is 6.71. The smallest absolute Gasteiger partial charge is 0.129 e. The molecular formula is HB25IN-. The van der Waals surface area contributed by atoms with E-state index in [2.05, 4.69) is 0 Å². The maximum atomic E-state index is 8.32. The topological polar surface area (TPSA) is 12.0 Å². The van der Waals surface area contributed by atoms with Gasteiger partial charge in [-0.25, -0.2) is 6.39 Å². The third kappa shape index (κ3) is 8.40. The van der Waals surface area contributed by atoms with Crippen molar-refractivity contribution in [1.29, 1.82) is 0 Å². The molecule has 27 radical (unpaired) electrons. The van der Waals surface area contributed by atoms with Gasteiger partial charge in [0.2, 0.25) is 0 Å². The Morgan fingerprint density at radius 2 is 0.889 bits per heavy atom. The van der Waals surface area contributed by atoms with Crippen LogP contribution in [0, 0.1) is 0 Å². The van der Waals surface area contributed by atoms with Crippen LogP contribution in [0.4, 0.5) is 0 Å². The molecule has 0 aliphatic rings. The predicted molar refractivity (Wildman–Crippen MR) is 161 cm³/mol. The minimum Gasteiger partial charge on any atom is -0.687 e. The predicted octanol–water partition coefficient (Wildman–Crippen LogP) is -9.13. The van der Waals surface area contributed by atoms with Gasteiger partial charge in [-0.3, -0.25) is 0 Å². The lowest BCUT2D eigenvalue weighted by atomic mass is 8.38. The Hall–Kier alpha value is 2.31. The minimum absolute atomic E-state index is 0.821. The highest BCUT2D eigenvalue weighted by Gasteiger charge is 2.49. The molecule has 0 unspecified atom stereocenters. The first-order chi connectivity index (χ1) is 12.7. The highest BCUT2D eigenvalue weighted by molar-refractivity contribution is 14.1. The molecule has 1 nitrogen and oxygen atoms in total. The normalized spacial score (nSPS) is 10.3. The van der Waals surface area contributed by atoms with Gasteiger partial charge in [-0.05, 0) is 21.9 Å². The van der Waals surface area contributed by atoms with Crippen molar-refractivity contribution in [3.63, 3.8) is 0 Å². The van der Waals surface area contributed by atoms with Crippen molar-refractivity contribution in [2.24, 2.45) is 0 Å². The zero-order valence-corrected chi connectivity index (χ0v) is 17.4. The molecule has 0 saturated heterocycles. The first-order valence-corrected chi connectivity index (χ1v) is 9.39. The molecule has 0 fully saturated rings. The molecule has 0 heterocycles. The van der Waals surface area contributed by atoms with Gasteiger partial charge in [0.1, 0.15) is 8.04 Å². The maximum Gasteiger partial charge on any atom is 0.129 e. The molecule has 0 spiro atoms. The summed E-state index contributed by atoms with van der Waals surface area (Å²) >= 11 is 1.71. The van der Waals surface area contributed by atoms with Gasteiger partial charge in [0.05, 0.1) is 0 Å². The number of rotatable bonds is 12. The fourth-order valence-corrected chi connectivity index (χ4v) is 4.35. The summed E-state index contributed by atoms with van der Waals surface area (Å²) in [5.74, 6) is 0. The van der Waals surface area contributed by atoms with Gasteiger partial charge >= 0.3 is 0 Å². The van der Waals surface area contributed by atoms with Crippen molar-refractivity contribution in [3.8, 4) is 0 Å². The zero-order chi connectivity index (χ0) is 22.5. The average molecular weight is 414 g/mol. The van der Waals surface area contributed by atoms with Gasteiger partial charge in [0, 0.05) is 158 Å². The van der Waals surface area contributed by atoms with Gasteiger partial charge in [-0.2, -0.15) is 0 Å². The zero-order valence-electron chi connectivity index (χ0n) is 16.3. The van der Waals surface area contributed by atoms with Crippen LogP contribution in [0.25, 0.3) is 0 Å². The van der Waals surface area contributed by atoms with E-state index in [0.29, 0.717) is 0 Å². The molecule has 1 N–H and O–H groups in total. The Bertz CT molecular complexity index is 381. The molecule has 0 aromatic heterocycles.